The molecule has 0 aliphatic heterocycles. The van der Waals surface area contributed by atoms with Crippen LogP contribution in [0, 0.1) is 23.5 Å². The van der Waals surface area contributed by atoms with E-state index in [1.54, 1.807) is 12.1 Å². The Kier molecular flexibility index (Phi) is 7.33. The van der Waals surface area contributed by atoms with Crippen LogP contribution in [0.1, 0.15) is 41.2 Å². The van der Waals surface area contributed by atoms with Crippen molar-refractivity contribution in [3.8, 4) is 11.8 Å². The first-order chi connectivity index (χ1) is 16.1. The quantitative estimate of drug-likeness (QED) is 0.214. The lowest BCUT2D eigenvalue weighted by Gasteiger charge is -2.05. The molecule has 4 rings (SSSR count). The van der Waals surface area contributed by atoms with Crippen molar-refractivity contribution >= 4 is 10.8 Å². The van der Waals surface area contributed by atoms with Crippen LogP contribution in [0.5, 0.6) is 0 Å². The number of fused-ring (bicyclic) bond motifs is 1. The summed E-state index contributed by atoms with van der Waals surface area (Å²) in [5.74, 6) is 4.60. The summed E-state index contributed by atoms with van der Waals surface area (Å²) >= 11 is 0. The van der Waals surface area contributed by atoms with E-state index in [1.165, 1.54) is 28.8 Å². The molecule has 2 heteroatoms. The normalized spacial score (nSPS) is 11.0. The molecule has 0 spiro atoms. The molecule has 0 amide bonds. The number of benzene rings is 4. The number of rotatable bonds is 6. The van der Waals surface area contributed by atoms with Gasteiger partial charge in [-0.25, -0.2) is 8.78 Å². The van der Waals surface area contributed by atoms with Crippen molar-refractivity contribution in [2.75, 3.05) is 0 Å². The van der Waals surface area contributed by atoms with Crippen LogP contribution in [0.3, 0.4) is 0 Å². The second-order valence-electron chi connectivity index (χ2n) is 8.20. The predicted octanol–water partition coefficient (Wildman–Crippen LogP) is 7.81. The first-order valence-electron chi connectivity index (χ1n) is 11.3. The van der Waals surface area contributed by atoms with Gasteiger partial charge in [0.2, 0.25) is 0 Å². The van der Waals surface area contributed by atoms with Gasteiger partial charge < -0.3 is 0 Å². The van der Waals surface area contributed by atoms with E-state index in [2.05, 4.69) is 67.3 Å². The Morgan fingerprint density at radius 2 is 1.12 bits per heavy atom. The molecule has 0 unspecified atom stereocenters. The van der Waals surface area contributed by atoms with Gasteiger partial charge >= 0.3 is 0 Å². The van der Waals surface area contributed by atoms with Gasteiger partial charge in [0, 0.05) is 11.1 Å². The minimum atomic E-state index is -0.844. The molecule has 0 bridgehead atoms. The highest BCUT2D eigenvalue weighted by Crippen LogP contribution is 2.20. The molecule has 0 aromatic heterocycles. The van der Waals surface area contributed by atoms with Gasteiger partial charge in [-0.2, -0.15) is 0 Å². The molecule has 0 aliphatic carbocycles. The summed E-state index contributed by atoms with van der Waals surface area (Å²) in [5, 5.41) is 1.30. The lowest BCUT2D eigenvalue weighted by Crippen LogP contribution is -1.92. The number of allylic oxidation sites excluding steroid dienone is 2. The second-order valence-corrected chi connectivity index (χ2v) is 8.20. The van der Waals surface area contributed by atoms with E-state index >= 15 is 0 Å². The average Bonchev–Trinajstić information content (AvgIpc) is 2.84. The van der Waals surface area contributed by atoms with Gasteiger partial charge in [-0.15, -0.1) is 0 Å². The van der Waals surface area contributed by atoms with Gasteiger partial charge in [-0.05, 0) is 96.5 Å². The fraction of sp³-hybridized carbons (Fsp3) is 0.161. The molecule has 0 N–H and O–H groups in total. The third-order valence-electron chi connectivity index (χ3n) is 5.75. The van der Waals surface area contributed by atoms with Crippen molar-refractivity contribution < 1.29 is 8.78 Å². The summed E-state index contributed by atoms with van der Waals surface area (Å²) in [4.78, 5) is 0. The largest absolute Gasteiger partial charge is 0.204 e. The van der Waals surface area contributed by atoms with Crippen LogP contribution in [-0.4, -0.2) is 0 Å². The predicted molar refractivity (Wildman–Crippen MR) is 133 cm³/mol. The number of hydrogen-bond donors (Lipinski definition) is 0. The van der Waals surface area contributed by atoms with Crippen LogP contribution < -0.4 is 0 Å². The van der Waals surface area contributed by atoms with Gasteiger partial charge in [0.05, 0.1) is 0 Å². The van der Waals surface area contributed by atoms with Gasteiger partial charge in [-0.3, -0.25) is 0 Å². The van der Waals surface area contributed by atoms with Crippen molar-refractivity contribution in [2.24, 2.45) is 0 Å². The highest BCUT2D eigenvalue weighted by atomic mass is 19.2. The number of hydrogen-bond acceptors (Lipinski definition) is 0. The summed E-state index contributed by atoms with van der Waals surface area (Å²) in [6.45, 7) is 2.06. The van der Waals surface area contributed by atoms with Gasteiger partial charge in [-0.1, -0.05) is 66.5 Å². The smallest absolute Gasteiger partial charge is 0.159 e. The molecule has 4 aromatic rings. The summed E-state index contributed by atoms with van der Waals surface area (Å²) in [7, 11) is 0. The van der Waals surface area contributed by atoms with Crippen LogP contribution in [0.25, 0.3) is 10.8 Å². The maximum Gasteiger partial charge on any atom is 0.159 e. The molecule has 0 nitrogen and oxygen atoms in total. The van der Waals surface area contributed by atoms with Crippen molar-refractivity contribution in [2.45, 2.75) is 32.6 Å². The first kappa shape index (κ1) is 22.5. The van der Waals surface area contributed by atoms with E-state index in [0.717, 1.165) is 36.8 Å². The van der Waals surface area contributed by atoms with E-state index in [9.17, 15) is 8.78 Å². The average molecular weight is 437 g/mol. The zero-order valence-electron chi connectivity index (χ0n) is 18.7. The van der Waals surface area contributed by atoms with Crippen LogP contribution in [0.15, 0.2) is 91.0 Å². The summed E-state index contributed by atoms with van der Waals surface area (Å²) in [6.07, 6.45) is 8.46. The zero-order valence-corrected chi connectivity index (χ0v) is 18.7. The molecule has 0 aliphatic rings. The van der Waals surface area contributed by atoms with Crippen molar-refractivity contribution in [1.82, 2.24) is 0 Å². The standard InChI is InChI=1S/C31H26F2/c1-2-3-4-5-23-6-8-24(9-7-23)10-11-25-12-14-26(15-13-25)16-17-27-18-19-28-21-30(32)31(33)22-29(28)20-27/h2-3,6-9,12-15,18-22H,4-5,10-11H2,1H3/b3-2+. The molecule has 0 saturated heterocycles. The first-order valence-corrected chi connectivity index (χ1v) is 11.3. The molecular weight excluding hydrogens is 410 g/mol. The highest BCUT2D eigenvalue weighted by molar-refractivity contribution is 5.84. The summed E-state index contributed by atoms with van der Waals surface area (Å²) < 4.78 is 26.9. The Bertz CT molecular complexity index is 1320. The van der Waals surface area contributed by atoms with E-state index in [-0.39, 0.29) is 0 Å². The summed E-state index contributed by atoms with van der Waals surface area (Å²) in [6, 6.07) is 25.0. The fourth-order valence-electron chi connectivity index (χ4n) is 3.80. The van der Waals surface area contributed by atoms with Crippen LogP contribution >= 0.6 is 0 Å². The molecule has 0 radical (unpaired) electrons. The highest BCUT2D eigenvalue weighted by Gasteiger charge is 2.04. The van der Waals surface area contributed by atoms with Crippen molar-refractivity contribution in [3.05, 3.63) is 130 Å². The fourth-order valence-corrected chi connectivity index (χ4v) is 3.80. The van der Waals surface area contributed by atoms with E-state index < -0.39 is 11.6 Å². The lowest BCUT2D eigenvalue weighted by atomic mass is 10.0. The Hall–Kier alpha value is -3.70. The topological polar surface area (TPSA) is 0 Å². The Morgan fingerprint density at radius 3 is 1.76 bits per heavy atom. The molecule has 4 aromatic carbocycles. The van der Waals surface area contributed by atoms with Gasteiger partial charge in [0.1, 0.15) is 0 Å². The molecule has 0 saturated carbocycles. The third kappa shape index (κ3) is 6.18. The zero-order chi connectivity index (χ0) is 23.0. The van der Waals surface area contributed by atoms with Crippen LogP contribution in [-0.2, 0) is 19.3 Å². The SMILES string of the molecule is C/C=C/CCc1ccc(CCc2ccc(C#Cc3ccc4cc(F)c(F)cc4c3)cc2)cc1. The van der Waals surface area contributed by atoms with Crippen LogP contribution in [0.4, 0.5) is 8.78 Å². The Morgan fingerprint density at radius 1 is 0.606 bits per heavy atom. The monoisotopic (exact) mass is 436 g/mol. The molecule has 0 heterocycles. The molecule has 0 fully saturated rings. The molecular formula is C31H26F2. The number of halogens is 2. The molecule has 0 atom stereocenters. The van der Waals surface area contributed by atoms with Crippen molar-refractivity contribution in [1.29, 1.82) is 0 Å². The van der Waals surface area contributed by atoms with E-state index in [4.69, 9.17) is 0 Å². The summed E-state index contributed by atoms with van der Waals surface area (Å²) in [5.41, 5.74) is 5.70. The van der Waals surface area contributed by atoms with Crippen LogP contribution in [0.2, 0.25) is 0 Å². The van der Waals surface area contributed by atoms with Crippen molar-refractivity contribution in [3.63, 3.8) is 0 Å². The Balaban J connectivity index is 1.36. The second kappa shape index (κ2) is 10.7. The minimum Gasteiger partial charge on any atom is -0.204 e. The number of aryl methyl sites for hydroxylation is 3. The molecule has 33 heavy (non-hydrogen) atoms. The maximum absolute atomic E-state index is 13.5. The lowest BCUT2D eigenvalue weighted by molar-refractivity contribution is 0.511. The van der Waals surface area contributed by atoms with Gasteiger partial charge in [0.15, 0.2) is 11.6 Å². The Labute approximate surface area is 194 Å². The third-order valence-corrected chi connectivity index (χ3v) is 5.75. The minimum absolute atomic E-state index is 0.641. The van der Waals surface area contributed by atoms with E-state index in [0.29, 0.717) is 10.8 Å². The molecule has 164 valence electrons. The van der Waals surface area contributed by atoms with E-state index in [1.807, 2.05) is 18.2 Å². The maximum atomic E-state index is 13.5. The van der Waals surface area contributed by atoms with Gasteiger partial charge in [0.25, 0.3) is 0 Å².